The predicted molar refractivity (Wildman–Crippen MR) is 179 cm³/mol. The van der Waals surface area contributed by atoms with Crippen LogP contribution in [0.25, 0.3) is 0 Å². The van der Waals surface area contributed by atoms with Crippen molar-refractivity contribution in [3.05, 3.63) is 153 Å². The van der Waals surface area contributed by atoms with Crippen molar-refractivity contribution in [3.8, 4) is 11.5 Å². The van der Waals surface area contributed by atoms with Crippen LogP contribution >= 0.6 is 49.8 Å². The zero-order valence-electron chi connectivity index (χ0n) is 23.7. The smallest absolute Gasteiger partial charge is 0.364 e. The van der Waals surface area contributed by atoms with Gasteiger partial charge >= 0.3 is 15.0 Å². The number of fused-ring (bicyclic) bond motifs is 2. The average molecular weight is 718 g/mol. The van der Waals surface area contributed by atoms with Gasteiger partial charge in [0.25, 0.3) is 0 Å². The van der Waals surface area contributed by atoms with Gasteiger partial charge in [-0.1, -0.05) is 83.3 Å². The molecule has 0 saturated carbocycles. The Kier molecular flexibility index (Phi) is 8.07. The second-order valence-corrected chi connectivity index (χ2v) is 17.0. The predicted octanol–water partition coefficient (Wildman–Crippen LogP) is 11.5. The van der Waals surface area contributed by atoms with E-state index < -0.39 is 32.1 Å². The van der Waals surface area contributed by atoms with Crippen molar-refractivity contribution >= 4 is 61.2 Å². The molecular formula is C33H23Cl3F2N2O4P2. The molecule has 234 valence electrons. The monoisotopic (exact) mass is 716 g/mol. The van der Waals surface area contributed by atoms with E-state index in [1.54, 1.807) is 48.5 Å². The van der Waals surface area contributed by atoms with Crippen LogP contribution in [0.4, 0.5) is 20.2 Å². The summed E-state index contributed by atoms with van der Waals surface area (Å²) in [7, 11) is -8.83. The molecule has 0 fully saturated rings. The van der Waals surface area contributed by atoms with Gasteiger partial charge < -0.3 is 9.05 Å². The van der Waals surface area contributed by atoms with Crippen LogP contribution in [0.15, 0.2) is 109 Å². The first-order chi connectivity index (χ1) is 22.1. The third kappa shape index (κ3) is 5.36. The number of halogens is 5. The summed E-state index contributed by atoms with van der Waals surface area (Å²) in [4.78, 5) is 0. The van der Waals surface area contributed by atoms with Crippen molar-refractivity contribution in [1.29, 1.82) is 0 Å². The molecular weight excluding hydrogens is 695 g/mol. The van der Waals surface area contributed by atoms with Gasteiger partial charge in [-0.25, -0.2) is 8.78 Å². The molecule has 46 heavy (non-hydrogen) atoms. The van der Waals surface area contributed by atoms with Crippen LogP contribution in [-0.4, -0.2) is 0 Å². The quantitative estimate of drug-likeness (QED) is 0.169. The van der Waals surface area contributed by atoms with Crippen LogP contribution in [0.3, 0.4) is 0 Å². The fourth-order valence-electron chi connectivity index (χ4n) is 5.70. The molecule has 2 aliphatic rings. The Morgan fingerprint density at radius 1 is 0.609 bits per heavy atom. The van der Waals surface area contributed by atoms with Gasteiger partial charge in [-0.2, -0.15) is 0 Å². The van der Waals surface area contributed by atoms with Crippen molar-refractivity contribution in [2.24, 2.45) is 0 Å². The Hall–Kier alpha value is -3.51. The number of para-hydroxylation sites is 2. The highest BCUT2D eigenvalue weighted by atomic mass is 35.5. The largest absolute Gasteiger partial charge is 0.428 e. The highest BCUT2D eigenvalue weighted by Gasteiger charge is 2.60. The first-order valence-electron chi connectivity index (χ1n) is 14.0. The maximum Gasteiger partial charge on any atom is 0.364 e. The lowest BCUT2D eigenvalue weighted by molar-refractivity contribution is 0.435. The fourth-order valence-corrected chi connectivity index (χ4v) is 13.2. The molecule has 2 aliphatic heterocycles. The van der Waals surface area contributed by atoms with E-state index in [1.165, 1.54) is 45.7 Å². The second-order valence-electron chi connectivity index (χ2n) is 10.8. The molecule has 5 aromatic carbocycles. The van der Waals surface area contributed by atoms with Crippen molar-refractivity contribution in [2.45, 2.75) is 18.5 Å². The molecule has 0 bridgehead atoms. The van der Waals surface area contributed by atoms with E-state index in [9.17, 15) is 8.78 Å². The molecule has 0 amide bonds. The van der Waals surface area contributed by atoms with E-state index in [0.717, 1.165) is 0 Å². The van der Waals surface area contributed by atoms with Gasteiger partial charge in [-0.05, 0) is 66.2 Å². The van der Waals surface area contributed by atoms with Gasteiger partial charge in [-0.15, -0.1) is 0 Å². The number of nitrogens with zero attached hydrogens (tertiary/aromatic N) is 2. The van der Waals surface area contributed by atoms with Gasteiger partial charge in [0, 0.05) is 27.5 Å². The summed E-state index contributed by atoms with van der Waals surface area (Å²) in [6.45, 7) is 0.108. The number of anilines is 2. The number of rotatable bonds is 5. The number of benzene rings is 5. The Bertz CT molecular complexity index is 1960. The van der Waals surface area contributed by atoms with Crippen LogP contribution in [0.1, 0.15) is 22.1 Å². The van der Waals surface area contributed by atoms with E-state index in [4.69, 9.17) is 43.9 Å². The standard InChI is InChI=1S/C33H23Cl3F2N2O4P2/c34-24-11-9-21(10-12-24)33(45(41)39(25-13-15-29(37)27(35)17-25)19-22-5-1-3-7-31(22)43-45)46(42)40(26-14-16-30(38)28(36)18-26)20-23-6-2-4-8-32(23)44-46/h1-18,33H,19-20H2. The Labute approximate surface area is 279 Å². The molecule has 2 heterocycles. The molecule has 0 aliphatic carbocycles. The third-order valence-corrected chi connectivity index (χ3v) is 15.3. The van der Waals surface area contributed by atoms with Gasteiger partial charge in [0.1, 0.15) is 23.1 Å². The summed E-state index contributed by atoms with van der Waals surface area (Å²) in [6, 6.07) is 28.4. The zero-order chi connectivity index (χ0) is 32.2. The van der Waals surface area contributed by atoms with E-state index in [-0.39, 0.29) is 34.5 Å². The zero-order valence-corrected chi connectivity index (χ0v) is 27.8. The summed E-state index contributed by atoms with van der Waals surface area (Å²) >= 11 is 18.7. The normalized spacial score (nSPS) is 21.1. The summed E-state index contributed by atoms with van der Waals surface area (Å²) in [5, 5.41) is -1.47. The summed E-state index contributed by atoms with van der Waals surface area (Å²) in [5.41, 5.74) is 2.29. The number of hydrogen-bond donors (Lipinski definition) is 0. The lowest BCUT2D eigenvalue weighted by atomic mass is 10.2. The SMILES string of the molecule is O=P1(C(c2ccc(Cl)cc2)P2(=O)Oc3ccccc3CN2c2ccc(F)c(Cl)c2)Oc2ccccc2CN1c1ccc(F)c(Cl)c1. The van der Waals surface area contributed by atoms with Gasteiger partial charge in [0.2, 0.25) is 0 Å². The fraction of sp³-hybridized carbons (Fsp3) is 0.0909. The van der Waals surface area contributed by atoms with Crippen LogP contribution in [0.2, 0.25) is 15.1 Å². The molecule has 0 aromatic heterocycles. The van der Waals surface area contributed by atoms with Gasteiger partial charge in [0.05, 0.1) is 23.1 Å². The van der Waals surface area contributed by atoms with Crippen molar-refractivity contribution in [1.82, 2.24) is 0 Å². The minimum Gasteiger partial charge on any atom is -0.428 e. The molecule has 0 saturated heterocycles. The summed E-state index contributed by atoms with van der Waals surface area (Å²) < 4.78 is 76.7. The summed E-state index contributed by atoms with van der Waals surface area (Å²) in [6.07, 6.45) is 0. The van der Waals surface area contributed by atoms with E-state index >= 15 is 9.13 Å². The number of hydrogen-bond acceptors (Lipinski definition) is 4. The molecule has 2 unspecified atom stereocenters. The van der Waals surface area contributed by atoms with Crippen LogP contribution in [-0.2, 0) is 22.2 Å². The van der Waals surface area contributed by atoms with Crippen molar-refractivity contribution < 1.29 is 27.0 Å². The maximum atomic E-state index is 16.0. The summed E-state index contributed by atoms with van der Waals surface area (Å²) in [5.74, 6) is -0.663. The highest BCUT2D eigenvalue weighted by molar-refractivity contribution is 7.78. The van der Waals surface area contributed by atoms with E-state index in [2.05, 4.69) is 0 Å². The van der Waals surface area contributed by atoms with Crippen LogP contribution in [0, 0.1) is 11.6 Å². The first-order valence-corrected chi connectivity index (χ1v) is 18.5. The van der Waals surface area contributed by atoms with Gasteiger partial charge in [-0.3, -0.25) is 18.5 Å². The molecule has 5 aromatic rings. The maximum absolute atomic E-state index is 16.0. The Morgan fingerprint density at radius 2 is 1.04 bits per heavy atom. The lowest BCUT2D eigenvalue weighted by Crippen LogP contribution is -2.35. The molecule has 2 atom stereocenters. The minimum atomic E-state index is -4.41. The molecule has 6 nitrogen and oxygen atoms in total. The van der Waals surface area contributed by atoms with E-state index in [1.807, 2.05) is 24.3 Å². The minimum absolute atomic E-state index is 0.0540. The highest BCUT2D eigenvalue weighted by Crippen LogP contribution is 2.82. The van der Waals surface area contributed by atoms with Crippen LogP contribution in [0.5, 0.6) is 11.5 Å². The van der Waals surface area contributed by atoms with Crippen LogP contribution < -0.4 is 18.4 Å². The third-order valence-electron chi connectivity index (χ3n) is 7.91. The van der Waals surface area contributed by atoms with Gasteiger partial charge in [0.15, 0.2) is 5.40 Å². The molecule has 0 N–H and O–H groups in total. The molecule has 7 rings (SSSR count). The van der Waals surface area contributed by atoms with Crippen molar-refractivity contribution in [2.75, 3.05) is 9.34 Å². The average Bonchev–Trinajstić information content (AvgIpc) is 3.04. The van der Waals surface area contributed by atoms with Crippen molar-refractivity contribution in [3.63, 3.8) is 0 Å². The lowest BCUT2D eigenvalue weighted by Gasteiger charge is -2.47. The molecule has 13 heteroatoms. The second kappa shape index (κ2) is 11.9. The van der Waals surface area contributed by atoms with E-state index in [0.29, 0.717) is 33.2 Å². The molecule has 0 spiro atoms. The Morgan fingerprint density at radius 3 is 1.48 bits per heavy atom. The first kappa shape index (κ1) is 31.1. The molecule has 0 radical (unpaired) electrons. The topological polar surface area (TPSA) is 59.1 Å². The Balaban J connectivity index is 1.51.